The van der Waals surface area contributed by atoms with Gasteiger partial charge in [-0.2, -0.15) is 0 Å². The molecule has 6 atom stereocenters. The average Bonchev–Trinajstić information content (AvgIpc) is 3.06. The van der Waals surface area contributed by atoms with Crippen molar-refractivity contribution in [3.05, 3.63) is 22.5 Å². The predicted molar refractivity (Wildman–Crippen MR) is 91.4 cm³/mol. The van der Waals surface area contributed by atoms with Crippen LogP contribution in [-0.2, 0) is 22.7 Å². The van der Waals surface area contributed by atoms with Crippen molar-refractivity contribution in [3.63, 3.8) is 0 Å². The summed E-state index contributed by atoms with van der Waals surface area (Å²) in [7, 11) is -9.22. The predicted octanol–water partition coefficient (Wildman–Crippen LogP) is -1.00. The summed E-state index contributed by atoms with van der Waals surface area (Å²) >= 11 is 0. The Labute approximate surface area is 156 Å². The maximum Gasteiger partial charge on any atom is 0.479 e. The molecule has 1 aliphatic heterocycles. The number of H-pyrrole nitrogens is 1. The Morgan fingerprint density at radius 2 is 2.00 bits per heavy atom. The molecule has 6 unspecified atom stereocenters. The lowest BCUT2D eigenvalue weighted by molar-refractivity contribution is -0.0501. The standard InChI is InChI=1S/C12H18N4O10P2/c1-5-14-10-7(11(19)15-5)13-4-16(10)12-9(18)8(17)6(25-12)3-24-28(22,23)26-27(2,20)21/h4,6,8-9,12,17-18H,3H2,1-2H3,(H,20,21)(H,22,23)(H,14,15,19). The van der Waals surface area contributed by atoms with Crippen molar-refractivity contribution < 1.29 is 42.7 Å². The van der Waals surface area contributed by atoms with Gasteiger partial charge in [-0.05, 0) is 6.92 Å². The fraction of sp³-hybridized carbons (Fsp3) is 0.583. The van der Waals surface area contributed by atoms with Gasteiger partial charge in [0, 0.05) is 6.66 Å². The Balaban J connectivity index is 1.79. The lowest BCUT2D eigenvalue weighted by Gasteiger charge is -2.18. The molecule has 1 fully saturated rings. The molecule has 0 spiro atoms. The summed E-state index contributed by atoms with van der Waals surface area (Å²) in [5, 5.41) is 20.4. The maximum absolute atomic E-state index is 11.9. The van der Waals surface area contributed by atoms with Crippen molar-refractivity contribution in [2.24, 2.45) is 0 Å². The molecule has 3 heterocycles. The molecule has 2 aromatic heterocycles. The first-order valence-electron chi connectivity index (χ1n) is 7.82. The normalized spacial score (nSPS) is 29.6. The van der Waals surface area contributed by atoms with Crippen molar-refractivity contribution in [1.82, 2.24) is 19.5 Å². The van der Waals surface area contributed by atoms with Crippen molar-refractivity contribution in [1.29, 1.82) is 0 Å². The summed E-state index contributed by atoms with van der Waals surface area (Å²) in [6.45, 7) is 1.50. The first kappa shape index (κ1) is 21.2. The number of nitrogens with zero attached hydrogens (tertiary/aromatic N) is 3. The van der Waals surface area contributed by atoms with Gasteiger partial charge in [0.1, 0.15) is 24.1 Å². The average molecular weight is 440 g/mol. The van der Waals surface area contributed by atoms with Crippen LogP contribution in [0.25, 0.3) is 11.2 Å². The van der Waals surface area contributed by atoms with Gasteiger partial charge in [0.2, 0.25) is 0 Å². The first-order valence-corrected chi connectivity index (χ1v) is 11.3. The number of phosphoric ester groups is 1. The second kappa shape index (κ2) is 7.41. The van der Waals surface area contributed by atoms with Gasteiger partial charge in [0.15, 0.2) is 17.4 Å². The summed E-state index contributed by atoms with van der Waals surface area (Å²) in [5.74, 6) is 0.290. The highest BCUT2D eigenvalue weighted by Gasteiger charge is 2.45. The van der Waals surface area contributed by atoms with Crippen LogP contribution >= 0.6 is 15.4 Å². The highest BCUT2D eigenvalue weighted by atomic mass is 31.3. The van der Waals surface area contributed by atoms with E-state index in [0.29, 0.717) is 12.5 Å². The van der Waals surface area contributed by atoms with E-state index in [-0.39, 0.29) is 11.2 Å². The number of rotatable bonds is 6. The van der Waals surface area contributed by atoms with Gasteiger partial charge in [-0.25, -0.2) is 18.8 Å². The third-order valence-corrected chi connectivity index (χ3v) is 6.33. The summed E-state index contributed by atoms with van der Waals surface area (Å²) in [5.41, 5.74) is -0.409. The van der Waals surface area contributed by atoms with E-state index in [1.165, 1.54) is 10.9 Å². The SMILES string of the molecule is Cc1nc2c(ncn2C2OC(COP(=O)(O)OP(C)(=O)O)C(O)C2O)c(=O)[nH]1. The quantitative estimate of drug-likeness (QED) is 0.343. The molecule has 0 aliphatic carbocycles. The van der Waals surface area contributed by atoms with Crippen molar-refractivity contribution >= 4 is 26.6 Å². The van der Waals surface area contributed by atoms with Crippen molar-refractivity contribution in [3.8, 4) is 0 Å². The third-order valence-electron chi connectivity index (χ3n) is 3.82. The maximum atomic E-state index is 11.9. The van der Waals surface area contributed by atoms with Gasteiger partial charge in [-0.1, -0.05) is 0 Å². The van der Waals surface area contributed by atoms with Crippen LogP contribution in [0.2, 0.25) is 0 Å². The molecule has 3 rings (SSSR count). The van der Waals surface area contributed by atoms with Gasteiger partial charge >= 0.3 is 15.4 Å². The fourth-order valence-corrected chi connectivity index (χ4v) is 4.76. The molecule has 5 N–H and O–H groups in total. The number of aromatic amines is 1. The largest absolute Gasteiger partial charge is 0.479 e. The number of hydrogen-bond donors (Lipinski definition) is 5. The highest BCUT2D eigenvalue weighted by Crippen LogP contribution is 2.58. The van der Waals surface area contributed by atoms with Crippen LogP contribution in [0.5, 0.6) is 0 Å². The highest BCUT2D eigenvalue weighted by molar-refractivity contribution is 7.63. The second-order valence-electron chi connectivity index (χ2n) is 6.17. The van der Waals surface area contributed by atoms with Crippen LogP contribution in [0.15, 0.2) is 11.1 Å². The summed E-state index contributed by atoms with van der Waals surface area (Å²) in [4.78, 5) is 40.8. The van der Waals surface area contributed by atoms with Gasteiger partial charge in [0.05, 0.1) is 12.9 Å². The number of aryl methyl sites for hydroxylation is 1. The molecular weight excluding hydrogens is 422 g/mol. The number of aliphatic hydroxyl groups is 2. The van der Waals surface area contributed by atoms with E-state index in [1.807, 2.05) is 0 Å². The Bertz CT molecular complexity index is 1030. The number of imidazole rings is 1. The number of hydrogen-bond acceptors (Lipinski definition) is 10. The van der Waals surface area contributed by atoms with Crippen LogP contribution in [0.3, 0.4) is 0 Å². The molecule has 1 saturated heterocycles. The minimum absolute atomic E-state index is 0.00880. The fourth-order valence-electron chi connectivity index (χ4n) is 2.70. The molecular formula is C12H18N4O10P2. The van der Waals surface area contributed by atoms with Crippen LogP contribution < -0.4 is 5.56 Å². The smallest absolute Gasteiger partial charge is 0.387 e. The van der Waals surface area contributed by atoms with E-state index in [9.17, 15) is 29.0 Å². The zero-order valence-electron chi connectivity index (χ0n) is 14.6. The Kier molecular flexibility index (Phi) is 5.62. The third kappa shape index (κ3) is 4.40. The number of phosphoric acid groups is 1. The van der Waals surface area contributed by atoms with Gasteiger partial charge in [-0.3, -0.25) is 18.5 Å². The minimum atomic E-state index is -4.91. The van der Waals surface area contributed by atoms with Crippen molar-refractivity contribution in [2.75, 3.05) is 13.3 Å². The molecule has 156 valence electrons. The number of aliphatic hydroxyl groups excluding tert-OH is 2. The lowest BCUT2D eigenvalue weighted by Crippen LogP contribution is -2.33. The van der Waals surface area contributed by atoms with E-state index in [4.69, 9.17) is 9.63 Å². The van der Waals surface area contributed by atoms with Crippen LogP contribution in [0.1, 0.15) is 12.1 Å². The Morgan fingerprint density at radius 3 is 2.64 bits per heavy atom. The zero-order valence-corrected chi connectivity index (χ0v) is 16.4. The molecule has 0 amide bonds. The van der Waals surface area contributed by atoms with Crippen molar-refractivity contribution in [2.45, 2.75) is 31.5 Å². The van der Waals surface area contributed by atoms with Gasteiger partial charge in [-0.15, -0.1) is 0 Å². The topological polar surface area (TPSA) is 206 Å². The number of fused-ring (bicyclic) bond motifs is 1. The Hall–Kier alpha value is -1.47. The molecule has 0 radical (unpaired) electrons. The number of nitrogens with one attached hydrogen (secondary N) is 1. The molecule has 0 saturated carbocycles. The van der Waals surface area contributed by atoms with E-state index in [0.717, 1.165) is 0 Å². The zero-order chi connectivity index (χ0) is 20.9. The first-order chi connectivity index (χ1) is 12.9. The van der Waals surface area contributed by atoms with E-state index >= 15 is 0 Å². The van der Waals surface area contributed by atoms with E-state index in [1.54, 1.807) is 6.92 Å². The second-order valence-corrected chi connectivity index (χ2v) is 9.63. The molecule has 1 aliphatic rings. The summed E-state index contributed by atoms with van der Waals surface area (Å²) in [6.07, 6.45) is -4.39. The summed E-state index contributed by atoms with van der Waals surface area (Å²) in [6, 6.07) is 0. The summed E-state index contributed by atoms with van der Waals surface area (Å²) < 4.78 is 38.1. The molecule has 28 heavy (non-hydrogen) atoms. The van der Waals surface area contributed by atoms with Gasteiger partial charge < -0.3 is 29.7 Å². The molecule has 0 bridgehead atoms. The van der Waals surface area contributed by atoms with Crippen LogP contribution in [0.4, 0.5) is 0 Å². The van der Waals surface area contributed by atoms with Gasteiger partial charge in [0.25, 0.3) is 5.56 Å². The Morgan fingerprint density at radius 1 is 1.32 bits per heavy atom. The number of ether oxygens (including phenoxy) is 1. The number of aromatic nitrogens is 4. The molecule has 14 nitrogen and oxygen atoms in total. The molecule has 0 aromatic carbocycles. The minimum Gasteiger partial charge on any atom is -0.387 e. The van der Waals surface area contributed by atoms with Crippen LogP contribution in [-0.4, -0.2) is 71.1 Å². The molecule has 16 heteroatoms. The van der Waals surface area contributed by atoms with Crippen LogP contribution in [0, 0.1) is 6.92 Å². The van der Waals surface area contributed by atoms with E-state index in [2.05, 4.69) is 23.8 Å². The lowest BCUT2D eigenvalue weighted by atomic mass is 10.1. The molecule has 2 aromatic rings. The van der Waals surface area contributed by atoms with E-state index < -0.39 is 52.1 Å². The monoisotopic (exact) mass is 440 g/mol.